The second-order valence-electron chi connectivity index (χ2n) is 5.53. The molecule has 0 radical (unpaired) electrons. The number of halogens is 1. The molecule has 1 saturated heterocycles. The summed E-state index contributed by atoms with van der Waals surface area (Å²) >= 11 is 0. The molecule has 0 bridgehead atoms. The number of nitrogens with one attached hydrogen (secondary N) is 1. The van der Waals surface area contributed by atoms with Gasteiger partial charge >= 0.3 is 0 Å². The van der Waals surface area contributed by atoms with E-state index in [2.05, 4.69) is 10.2 Å². The van der Waals surface area contributed by atoms with Gasteiger partial charge < -0.3 is 21.1 Å². The standard InChI is InChI=1S/C15H22FN3O2/c16-13-4-3-12(8-14(13)17)18-15(21)5-7-19-6-1-2-11(9-19)10-20/h3-4,8,11,20H,1-2,5-7,9-10,17H2,(H,18,21). The molecule has 0 spiro atoms. The Morgan fingerprint density at radius 2 is 2.33 bits per heavy atom. The van der Waals surface area contributed by atoms with Crippen LogP contribution >= 0.6 is 0 Å². The van der Waals surface area contributed by atoms with Gasteiger partial charge in [-0.25, -0.2) is 4.39 Å². The maximum Gasteiger partial charge on any atom is 0.225 e. The second kappa shape index (κ2) is 7.38. The van der Waals surface area contributed by atoms with Gasteiger partial charge in [0.25, 0.3) is 0 Å². The summed E-state index contributed by atoms with van der Waals surface area (Å²) in [6.45, 7) is 2.68. The van der Waals surface area contributed by atoms with E-state index in [0.717, 1.165) is 25.9 Å². The Bertz CT molecular complexity index is 496. The largest absolute Gasteiger partial charge is 0.396 e. The summed E-state index contributed by atoms with van der Waals surface area (Å²) in [6.07, 6.45) is 2.48. The maximum atomic E-state index is 13.0. The first kappa shape index (κ1) is 15.7. The third-order valence-electron chi connectivity index (χ3n) is 3.80. The molecule has 0 aromatic heterocycles. The second-order valence-corrected chi connectivity index (χ2v) is 5.53. The van der Waals surface area contributed by atoms with Crippen LogP contribution in [0.4, 0.5) is 15.8 Å². The molecule has 5 nitrogen and oxygen atoms in total. The van der Waals surface area contributed by atoms with Crippen LogP contribution in [-0.4, -0.2) is 42.2 Å². The van der Waals surface area contributed by atoms with Crippen molar-refractivity contribution >= 4 is 17.3 Å². The average molecular weight is 295 g/mol. The number of aliphatic hydroxyl groups excluding tert-OH is 1. The van der Waals surface area contributed by atoms with Crippen molar-refractivity contribution in [1.29, 1.82) is 0 Å². The summed E-state index contributed by atoms with van der Waals surface area (Å²) < 4.78 is 13.0. The number of rotatable bonds is 5. The summed E-state index contributed by atoms with van der Waals surface area (Å²) in [5.74, 6) is -0.290. The summed E-state index contributed by atoms with van der Waals surface area (Å²) in [5, 5.41) is 11.9. The molecule has 1 aromatic rings. The highest BCUT2D eigenvalue weighted by molar-refractivity contribution is 5.91. The summed E-state index contributed by atoms with van der Waals surface area (Å²) in [4.78, 5) is 14.1. The Kier molecular flexibility index (Phi) is 5.52. The van der Waals surface area contributed by atoms with Crippen LogP contribution in [0.5, 0.6) is 0 Å². The van der Waals surface area contributed by atoms with Gasteiger partial charge in [0.05, 0.1) is 5.69 Å². The van der Waals surface area contributed by atoms with Crippen LogP contribution in [0.1, 0.15) is 19.3 Å². The number of benzene rings is 1. The van der Waals surface area contributed by atoms with Crippen LogP contribution in [-0.2, 0) is 4.79 Å². The van der Waals surface area contributed by atoms with Crippen LogP contribution < -0.4 is 11.1 Å². The molecule has 1 fully saturated rings. The number of nitrogens with zero attached hydrogens (tertiary/aromatic N) is 1. The first-order valence-electron chi connectivity index (χ1n) is 7.26. The molecule has 21 heavy (non-hydrogen) atoms. The fraction of sp³-hybridized carbons (Fsp3) is 0.533. The van der Waals surface area contributed by atoms with Crippen LogP contribution in [0.15, 0.2) is 18.2 Å². The number of piperidine rings is 1. The van der Waals surface area contributed by atoms with E-state index in [4.69, 9.17) is 5.73 Å². The van der Waals surface area contributed by atoms with Crippen LogP contribution in [0.2, 0.25) is 0 Å². The highest BCUT2D eigenvalue weighted by Crippen LogP contribution is 2.18. The predicted molar refractivity (Wildman–Crippen MR) is 80.3 cm³/mol. The molecular weight excluding hydrogens is 273 g/mol. The van der Waals surface area contributed by atoms with Crippen molar-refractivity contribution in [3.05, 3.63) is 24.0 Å². The molecule has 1 amide bonds. The van der Waals surface area contributed by atoms with Crippen molar-refractivity contribution in [2.75, 3.05) is 37.3 Å². The van der Waals surface area contributed by atoms with Crippen molar-refractivity contribution in [2.45, 2.75) is 19.3 Å². The molecule has 1 heterocycles. The van der Waals surface area contributed by atoms with Crippen molar-refractivity contribution in [3.63, 3.8) is 0 Å². The zero-order chi connectivity index (χ0) is 15.2. The number of hydrogen-bond donors (Lipinski definition) is 3. The normalized spacial score (nSPS) is 19.4. The minimum atomic E-state index is -0.489. The van der Waals surface area contributed by atoms with E-state index in [-0.39, 0.29) is 18.2 Å². The number of nitrogen functional groups attached to an aromatic ring is 1. The lowest BCUT2D eigenvalue weighted by Gasteiger charge is -2.31. The van der Waals surface area contributed by atoms with E-state index in [1.165, 1.54) is 18.2 Å². The van der Waals surface area contributed by atoms with Gasteiger partial charge in [-0.15, -0.1) is 0 Å². The van der Waals surface area contributed by atoms with Gasteiger partial charge in [0, 0.05) is 31.8 Å². The molecule has 6 heteroatoms. The Balaban J connectivity index is 1.78. The zero-order valence-electron chi connectivity index (χ0n) is 12.0. The van der Waals surface area contributed by atoms with Crippen LogP contribution in [0.3, 0.4) is 0 Å². The van der Waals surface area contributed by atoms with Gasteiger partial charge in [-0.2, -0.15) is 0 Å². The topological polar surface area (TPSA) is 78.6 Å². The minimum absolute atomic E-state index is 0.0228. The molecule has 0 aliphatic carbocycles. The zero-order valence-corrected chi connectivity index (χ0v) is 12.0. The molecule has 0 saturated carbocycles. The Morgan fingerprint density at radius 3 is 3.05 bits per heavy atom. The monoisotopic (exact) mass is 295 g/mol. The SMILES string of the molecule is Nc1cc(NC(=O)CCN2CCCC(CO)C2)ccc1F. The van der Waals surface area contributed by atoms with E-state index < -0.39 is 5.82 Å². The molecule has 1 aromatic carbocycles. The fourth-order valence-electron chi connectivity index (χ4n) is 2.61. The number of carbonyl (C=O) groups is 1. The third kappa shape index (κ3) is 4.68. The number of amides is 1. The number of carbonyl (C=O) groups excluding carboxylic acids is 1. The van der Waals surface area contributed by atoms with Gasteiger partial charge in [-0.05, 0) is 43.5 Å². The smallest absolute Gasteiger partial charge is 0.225 e. The van der Waals surface area contributed by atoms with Crippen molar-refractivity contribution in [2.24, 2.45) is 5.92 Å². The Hall–Kier alpha value is -1.66. The fourth-order valence-corrected chi connectivity index (χ4v) is 2.61. The highest BCUT2D eigenvalue weighted by Gasteiger charge is 2.19. The minimum Gasteiger partial charge on any atom is -0.396 e. The molecule has 4 N–H and O–H groups in total. The number of hydrogen-bond acceptors (Lipinski definition) is 4. The molecule has 2 rings (SSSR count). The molecular formula is C15H22FN3O2. The number of anilines is 2. The lowest BCUT2D eigenvalue weighted by molar-refractivity contribution is -0.116. The average Bonchev–Trinajstić information content (AvgIpc) is 2.49. The summed E-state index contributed by atoms with van der Waals surface area (Å²) in [6, 6.07) is 4.14. The number of nitrogens with two attached hydrogens (primary N) is 1. The predicted octanol–water partition coefficient (Wildman–Crippen LogP) is 1.44. The van der Waals surface area contributed by atoms with E-state index in [1.54, 1.807) is 0 Å². The first-order valence-corrected chi connectivity index (χ1v) is 7.26. The lowest BCUT2D eigenvalue weighted by atomic mass is 9.99. The van der Waals surface area contributed by atoms with Crippen molar-refractivity contribution in [3.8, 4) is 0 Å². The van der Waals surface area contributed by atoms with Gasteiger partial charge in [0.2, 0.25) is 5.91 Å². The molecule has 1 unspecified atom stereocenters. The molecule has 1 atom stereocenters. The summed E-state index contributed by atoms with van der Waals surface area (Å²) in [5.41, 5.74) is 5.99. The van der Waals surface area contributed by atoms with Crippen molar-refractivity contribution < 1.29 is 14.3 Å². The van der Waals surface area contributed by atoms with E-state index in [1.807, 2.05) is 0 Å². The van der Waals surface area contributed by atoms with Gasteiger partial charge in [0.15, 0.2) is 0 Å². The third-order valence-corrected chi connectivity index (χ3v) is 3.80. The Morgan fingerprint density at radius 1 is 1.52 bits per heavy atom. The molecule has 116 valence electrons. The van der Waals surface area contributed by atoms with E-state index in [0.29, 0.717) is 24.6 Å². The number of aliphatic hydroxyl groups is 1. The van der Waals surface area contributed by atoms with E-state index in [9.17, 15) is 14.3 Å². The van der Waals surface area contributed by atoms with Gasteiger partial charge in [-0.3, -0.25) is 4.79 Å². The maximum absolute atomic E-state index is 13.0. The summed E-state index contributed by atoms with van der Waals surface area (Å²) in [7, 11) is 0. The first-order chi connectivity index (χ1) is 10.1. The Labute approximate surface area is 123 Å². The molecule has 1 aliphatic rings. The van der Waals surface area contributed by atoms with Gasteiger partial charge in [-0.1, -0.05) is 0 Å². The lowest BCUT2D eigenvalue weighted by Crippen LogP contribution is -2.38. The van der Waals surface area contributed by atoms with E-state index >= 15 is 0 Å². The number of likely N-dealkylation sites (tertiary alicyclic amines) is 1. The quantitative estimate of drug-likeness (QED) is 0.718. The van der Waals surface area contributed by atoms with Crippen LogP contribution in [0, 0.1) is 11.7 Å². The highest BCUT2D eigenvalue weighted by atomic mass is 19.1. The van der Waals surface area contributed by atoms with Gasteiger partial charge in [0.1, 0.15) is 5.82 Å². The van der Waals surface area contributed by atoms with Crippen LogP contribution in [0.25, 0.3) is 0 Å². The van der Waals surface area contributed by atoms with Crippen molar-refractivity contribution in [1.82, 2.24) is 4.90 Å². The molecule has 1 aliphatic heterocycles.